The number of rotatable bonds is 1. The lowest BCUT2D eigenvalue weighted by Gasteiger charge is -2.48. The van der Waals surface area contributed by atoms with Crippen LogP contribution < -0.4 is 5.32 Å². The fraction of sp³-hybridized carbons (Fsp3) is 0.700. The van der Waals surface area contributed by atoms with E-state index in [2.05, 4.69) is 5.32 Å². The fourth-order valence-electron chi connectivity index (χ4n) is 3.54. The van der Waals surface area contributed by atoms with Crippen molar-refractivity contribution in [1.29, 1.82) is 0 Å². The minimum Gasteiger partial charge on any atom is -0.394 e. The Balaban J connectivity index is 1.65. The zero-order valence-electron chi connectivity index (χ0n) is 8.41. The number of aliphatic hydroxyl groups is 2. The van der Waals surface area contributed by atoms with Crippen LogP contribution in [0.4, 0.5) is 0 Å². The molecule has 0 aromatic rings. The minimum atomic E-state index is -0.633. The van der Waals surface area contributed by atoms with E-state index < -0.39 is 17.8 Å². The number of carbonyl (C=O) groups excluding carboxylic acids is 1. The number of nitrogens with one attached hydrogen (secondary N) is 1. The number of hydrogen-bond donors (Lipinski definition) is 3. The van der Waals surface area contributed by atoms with E-state index in [1.165, 1.54) is 6.08 Å². The van der Waals surface area contributed by atoms with Gasteiger partial charge in [-0.3, -0.25) is 4.79 Å². The highest BCUT2D eigenvalue weighted by Crippen LogP contribution is 2.68. The Kier molecular flexibility index (Phi) is 1.36. The lowest BCUT2D eigenvalue weighted by atomic mass is 10.1. The maximum absolute atomic E-state index is 11.2. The van der Waals surface area contributed by atoms with Gasteiger partial charge in [-0.05, 0) is 0 Å². The van der Waals surface area contributed by atoms with Crippen LogP contribution in [0.1, 0.15) is 0 Å². The lowest BCUT2D eigenvalue weighted by molar-refractivity contribution is -0.157. The Morgan fingerprint density at radius 3 is 3.19 bits per heavy atom. The molecule has 0 bridgehead atoms. The maximum atomic E-state index is 11.2. The molecule has 6 atom stereocenters. The second-order valence-corrected chi connectivity index (χ2v) is 4.83. The average Bonchev–Trinajstić information content (AvgIpc) is 2.74. The summed E-state index contributed by atoms with van der Waals surface area (Å²) in [5.41, 5.74) is -0.451. The summed E-state index contributed by atoms with van der Waals surface area (Å²) in [5.74, 6) is -0.122. The normalized spacial score (nSPS) is 56.0. The number of fused-ring (bicyclic) bond motifs is 3. The Labute approximate surface area is 91.5 Å². The monoisotopic (exact) mass is 224 g/mol. The van der Waals surface area contributed by atoms with Gasteiger partial charge in [0.25, 0.3) is 0 Å². The Bertz CT molecular complexity index is 412. The molecule has 4 rings (SSSR count). The predicted octanol–water partition coefficient (Wildman–Crippen LogP) is -2.24. The third-order valence-electron chi connectivity index (χ3n) is 4.22. The van der Waals surface area contributed by atoms with Crippen LogP contribution in [-0.4, -0.2) is 57.6 Å². The largest absolute Gasteiger partial charge is 0.394 e. The van der Waals surface area contributed by atoms with Crippen molar-refractivity contribution in [3.05, 3.63) is 12.3 Å². The first-order valence-corrected chi connectivity index (χ1v) is 5.43. The highest BCUT2D eigenvalue weighted by molar-refractivity contribution is 5.89. The Morgan fingerprint density at radius 2 is 2.44 bits per heavy atom. The molecule has 3 fully saturated rings. The van der Waals surface area contributed by atoms with Crippen molar-refractivity contribution in [2.24, 2.45) is 5.92 Å². The van der Waals surface area contributed by atoms with Crippen LogP contribution in [0.15, 0.2) is 12.3 Å². The first-order chi connectivity index (χ1) is 7.70. The van der Waals surface area contributed by atoms with Crippen molar-refractivity contribution in [2.45, 2.75) is 30.0 Å². The quantitative estimate of drug-likeness (QED) is 0.469. The van der Waals surface area contributed by atoms with E-state index in [9.17, 15) is 9.90 Å². The zero-order chi connectivity index (χ0) is 11.1. The first kappa shape index (κ1) is 8.98. The molecule has 3 aliphatic heterocycles. The topological polar surface area (TPSA) is 82.0 Å². The van der Waals surface area contributed by atoms with Crippen LogP contribution in [0.25, 0.3) is 0 Å². The number of aliphatic hydroxyl groups excluding tert-OH is 2. The molecule has 0 aromatic carbocycles. The lowest BCUT2D eigenvalue weighted by Crippen LogP contribution is -2.68. The van der Waals surface area contributed by atoms with Gasteiger partial charge in [-0.25, -0.2) is 0 Å². The van der Waals surface area contributed by atoms with Gasteiger partial charge in [0, 0.05) is 18.2 Å². The molecule has 5 unspecified atom stereocenters. The molecule has 2 saturated heterocycles. The molecule has 16 heavy (non-hydrogen) atoms. The number of amides is 1. The third-order valence-corrected chi connectivity index (χ3v) is 4.22. The number of nitrogens with zero attached hydrogens (tertiary/aromatic N) is 1. The molecule has 1 amide bonds. The fourth-order valence-corrected chi connectivity index (χ4v) is 3.54. The minimum absolute atomic E-state index is 0.0118. The van der Waals surface area contributed by atoms with Crippen molar-refractivity contribution >= 4 is 5.91 Å². The number of hydrogen-bond acceptors (Lipinski definition) is 5. The van der Waals surface area contributed by atoms with Gasteiger partial charge >= 0.3 is 0 Å². The molecule has 6 heteroatoms. The summed E-state index contributed by atoms with van der Waals surface area (Å²) >= 11 is 0. The molecule has 3 N–H and O–H groups in total. The van der Waals surface area contributed by atoms with Gasteiger partial charge in [0.15, 0.2) is 0 Å². The van der Waals surface area contributed by atoms with Crippen molar-refractivity contribution < 1.29 is 19.7 Å². The van der Waals surface area contributed by atoms with E-state index in [4.69, 9.17) is 9.84 Å². The number of ether oxygens (including phenoxy) is 1. The van der Waals surface area contributed by atoms with Gasteiger partial charge in [0.1, 0.15) is 17.9 Å². The van der Waals surface area contributed by atoms with Crippen molar-refractivity contribution in [1.82, 2.24) is 10.2 Å². The smallest absolute Gasteiger partial charge is 0.247 e. The summed E-state index contributed by atoms with van der Waals surface area (Å²) < 4.78 is 5.71. The second-order valence-electron chi connectivity index (χ2n) is 4.83. The van der Waals surface area contributed by atoms with Crippen LogP contribution in [0, 0.1) is 5.92 Å². The van der Waals surface area contributed by atoms with Gasteiger partial charge in [0.05, 0.1) is 18.8 Å². The second kappa shape index (κ2) is 2.42. The number of carbonyl (C=O) groups is 1. The average molecular weight is 224 g/mol. The van der Waals surface area contributed by atoms with Crippen LogP contribution in [-0.2, 0) is 9.53 Å². The summed E-state index contributed by atoms with van der Waals surface area (Å²) in [6, 6.07) is 0.159. The van der Waals surface area contributed by atoms with E-state index in [-0.39, 0.29) is 30.6 Å². The molecular weight excluding hydrogens is 212 g/mol. The molecule has 0 aromatic heterocycles. The van der Waals surface area contributed by atoms with Crippen LogP contribution in [0.5, 0.6) is 0 Å². The van der Waals surface area contributed by atoms with Gasteiger partial charge in [-0.2, -0.15) is 0 Å². The molecule has 0 radical (unpaired) electrons. The molecule has 1 aliphatic carbocycles. The molecular formula is C10H12N2O4. The summed E-state index contributed by atoms with van der Waals surface area (Å²) in [4.78, 5) is 13.2. The molecule has 3 heterocycles. The van der Waals surface area contributed by atoms with Crippen molar-refractivity contribution in [3.8, 4) is 0 Å². The van der Waals surface area contributed by atoms with E-state index in [1.54, 1.807) is 6.20 Å². The maximum Gasteiger partial charge on any atom is 0.247 e. The van der Waals surface area contributed by atoms with Gasteiger partial charge in [-0.15, -0.1) is 0 Å². The first-order valence-electron chi connectivity index (χ1n) is 5.43. The SMILES string of the molecule is O=C1C=CN2C(N1)C13O[C@@H](CO)C(O)C1C23. The zero-order valence-corrected chi connectivity index (χ0v) is 8.41. The van der Waals surface area contributed by atoms with Crippen LogP contribution >= 0.6 is 0 Å². The van der Waals surface area contributed by atoms with E-state index in [0.717, 1.165) is 0 Å². The van der Waals surface area contributed by atoms with E-state index >= 15 is 0 Å². The van der Waals surface area contributed by atoms with E-state index in [1.807, 2.05) is 4.90 Å². The highest BCUT2D eigenvalue weighted by atomic mass is 16.6. The third kappa shape index (κ3) is 0.704. The highest BCUT2D eigenvalue weighted by Gasteiger charge is 2.88. The van der Waals surface area contributed by atoms with Gasteiger partial charge in [-0.1, -0.05) is 0 Å². The summed E-state index contributed by atoms with van der Waals surface area (Å²) in [5, 5.41) is 21.8. The van der Waals surface area contributed by atoms with Gasteiger partial charge in [0.2, 0.25) is 5.91 Å². The molecule has 1 saturated carbocycles. The van der Waals surface area contributed by atoms with E-state index in [0.29, 0.717) is 0 Å². The summed E-state index contributed by atoms with van der Waals surface area (Å²) in [7, 11) is 0. The standard InChI is InChI=1S/C10H12N2O4/c13-3-4-7(15)6-8-10(6,16-4)9-11-5(14)1-2-12(8)9/h1-2,4,6-9,13,15H,3H2,(H,11,14)/t4-,6?,7?,8?,9?,10?/m0/s1. The van der Waals surface area contributed by atoms with Crippen LogP contribution in [0.3, 0.4) is 0 Å². The predicted molar refractivity (Wildman–Crippen MR) is 50.9 cm³/mol. The summed E-state index contributed by atoms with van der Waals surface area (Å²) in [6.07, 6.45) is 1.91. The Hall–Kier alpha value is -1.11. The van der Waals surface area contributed by atoms with Crippen molar-refractivity contribution in [2.75, 3.05) is 6.61 Å². The molecule has 86 valence electrons. The molecule has 6 nitrogen and oxygen atoms in total. The van der Waals surface area contributed by atoms with Crippen LogP contribution in [0.2, 0.25) is 0 Å². The summed E-state index contributed by atoms with van der Waals surface area (Å²) in [6.45, 7) is -0.178. The van der Waals surface area contributed by atoms with Crippen molar-refractivity contribution in [3.63, 3.8) is 0 Å². The molecule has 1 spiro atoms. The Morgan fingerprint density at radius 1 is 1.62 bits per heavy atom. The molecule has 4 aliphatic rings. The van der Waals surface area contributed by atoms with Gasteiger partial charge < -0.3 is 25.2 Å².